The van der Waals surface area contributed by atoms with Crippen LogP contribution < -0.4 is 5.32 Å². The van der Waals surface area contributed by atoms with Crippen molar-refractivity contribution in [3.63, 3.8) is 0 Å². The zero-order valence-corrected chi connectivity index (χ0v) is 12.2. The third-order valence-corrected chi connectivity index (χ3v) is 4.36. The summed E-state index contributed by atoms with van der Waals surface area (Å²) in [5.74, 6) is 0.799. The second-order valence-electron chi connectivity index (χ2n) is 5.70. The fourth-order valence-corrected chi connectivity index (χ4v) is 3.01. The van der Waals surface area contributed by atoms with E-state index in [4.69, 9.17) is 0 Å². The summed E-state index contributed by atoms with van der Waals surface area (Å²) in [6, 6.07) is 20.2. The lowest BCUT2D eigenvalue weighted by Crippen LogP contribution is -2.22. The van der Waals surface area contributed by atoms with Crippen molar-refractivity contribution >= 4 is 0 Å². The van der Waals surface area contributed by atoms with Crippen molar-refractivity contribution in [1.29, 1.82) is 0 Å². The van der Waals surface area contributed by atoms with Gasteiger partial charge in [0, 0.05) is 0 Å². The Kier molecular flexibility index (Phi) is 4.17. The van der Waals surface area contributed by atoms with E-state index in [1.54, 1.807) is 0 Å². The molecule has 2 aromatic carbocycles. The van der Waals surface area contributed by atoms with Gasteiger partial charge in [0.1, 0.15) is 0 Å². The lowest BCUT2D eigenvalue weighted by molar-refractivity contribution is 0.419. The maximum atomic E-state index is 3.62. The molecule has 1 heteroatoms. The van der Waals surface area contributed by atoms with Gasteiger partial charge in [-0.2, -0.15) is 0 Å². The molecule has 0 spiro atoms. The van der Waals surface area contributed by atoms with E-state index < -0.39 is 0 Å². The number of nitrogens with one attached hydrogen (secondary N) is 1. The second kappa shape index (κ2) is 6.23. The van der Waals surface area contributed by atoms with E-state index >= 15 is 0 Å². The van der Waals surface area contributed by atoms with E-state index in [1.807, 2.05) is 0 Å². The summed E-state index contributed by atoms with van der Waals surface area (Å²) in [7, 11) is 0. The predicted molar refractivity (Wildman–Crippen MR) is 85.0 cm³/mol. The van der Waals surface area contributed by atoms with Gasteiger partial charge in [-0.05, 0) is 42.0 Å². The Bertz CT molecular complexity index is 543. The molecule has 3 rings (SSSR count). The van der Waals surface area contributed by atoms with E-state index in [9.17, 15) is 0 Å². The third kappa shape index (κ3) is 2.78. The van der Waals surface area contributed by atoms with Crippen LogP contribution in [0.15, 0.2) is 54.6 Å². The summed E-state index contributed by atoms with van der Waals surface area (Å²) in [5.41, 5.74) is 4.26. The average Bonchev–Trinajstić information content (AvgIpc) is 2.44. The first-order chi connectivity index (χ1) is 9.88. The van der Waals surface area contributed by atoms with Gasteiger partial charge in [-0.25, -0.2) is 0 Å². The van der Waals surface area contributed by atoms with Crippen molar-refractivity contribution in [2.75, 3.05) is 6.54 Å². The highest BCUT2D eigenvalue weighted by Gasteiger charge is 2.21. The van der Waals surface area contributed by atoms with Crippen LogP contribution in [0, 0.1) is 0 Å². The third-order valence-electron chi connectivity index (χ3n) is 4.36. The Hall–Kier alpha value is -1.60. The van der Waals surface area contributed by atoms with Crippen molar-refractivity contribution in [1.82, 2.24) is 5.32 Å². The minimum Gasteiger partial charge on any atom is -0.307 e. The Morgan fingerprint density at radius 2 is 1.75 bits per heavy atom. The van der Waals surface area contributed by atoms with Crippen molar-refractivity contribution in [2.45, 2.75) is 38.1 Å². The van der Waals surface area contributed by atoms with Crippen LogP contribution in [0.3, 0.4) is 0 Å². The van der Waals surface area contributed by atoms with Gasteiger partial charge in [-0.3, -0.25) is 0 Å². The lowest BCUT2D eigenvalue weighted by atomic mass is 9.79. The molecule has 1 N–H and O–H groups in total. The highest BCUT2D eigenvalue weighted by atomic mass is 14.9. The Morgan fingerprint density at radius 1 is 1.00 bits per heavy atom. The molecule has 1 aliphatic carbocycles. The standard InChI is InChI=1S/C19H23N/c1-2-20-19(16-8-4-3-5-9-16)18-13-7-12-17(14-18)15-10-6-11-15/h3-5,7-9,12-15,19-20H,2,6,10-11H2,1H3. The summed E-state index contributed by atoms with van der Waals surface area (Å²) >= 11 is 0. The molecule has 1 unspecified atom stereocenters. The first kappa shape index (κ1) is 13.4. The molecular weight excluding hydrogens is 242 g/mol. The molecule has 0 aliphatic heterocycles. The van der Waals surface area contributed by atoms with Gasteiger partial charge in [0.2, 0.25) is 0 Å². The number of hydrogen-bond acceptors (Lipinski definition) is 1. The molecular formula is C19H23N. The van der Waals surface area contributed by atoms with E-state index in [2.05, 4.69) is 66.8 Å². The summed E-state index contributed by atoms with van der Waals surface area (Å²) in [6.07, 6.45) is 4.12. The summed E-state index contributed by atoms with van der Waals surface area (Å²) in [4.78, 5) is 0. The molecule has 0 bridgehead atoms. The SMILES string of the molecule is CCNC(c1ccccc1)c1cccc(C2CCC2)c1. The van der Waals surface area contributed by atoms with Gasteiger partial charge >= 0.3 is 0 Å². The van der Waals surface area contributed by atoms with Crippen LogP contribution in [0.4, 0.5) is 0 Å². The van der Waals surface area contributed by atoms with Crippen molar-refractivity contribution in [3.05, 3.63) is 71.3 Å². The van der Waals surface area contributed by atoms with Gasteiger partial charge in [-0.1, -0.05) is 67.9 Å². The fraction of sp³-hybridized carbons (Fsp3) is 0.368. The first-order valence-electron chi connectivity index (χ1n) is 7.76. The van der Waals surface area contributed by atoms with Gasteiger partial charge < -0.3 is 5.32 Å². The first-order valence-corrected chi connectivity index (χ1v) is 7.76. The van der Waals surface area contributed by atoms with E-state index in [1.165, 1.54) is 36.0 Å². The molecule has 2 aromatic rings. The maximum Gasteiger partial charge on any atom is 0.0576 e. The molecule has 20 heavy (non-hydrogen) atoms. The van der Waals surface area contributed by atoms with Gasteiger partial charge in [0.15, 0.2) is 0 Å². The highest BCUT2D eigenvalue weighted by Crippen LogP contribution is 2.37. The molecule has 0 heterocycles. The van der Waals surface area contributed by atoms with Crippen molar-refractivity contribution in [3.8, 4) is 0 Å². The van der Waals surface area contributed by atoms with Crippen LogP contribution in [-0.4, -0.2) is 6.54 Å². The smallest absolute Gasteiger partial charge is 0.0576 e. The monoisotopic (exact) mass is 265 g/mol. The summed E-state index contributed by atoms with van der Waals surface area (Å²) in [6.45, 7) is 3.15. The zero-order chi connectivity index (χ0) is 13.8. The predicted octanol–water partition coefficient (Wildman–Crippen LogP) is 4.65. The van der Waals surface area contributed by atoms with Crippen LogP contribution in [0.25, 0.3) is 0 Å². The van der Waals surface area contributed by atoms with E-state index in [0.29, 0.717) is 6.04 Å². The molecule has 0 radical (unpaired) electrons. The Labute approximate surface area is 122 Å². The molecule has 0 amide bonds. The van der Waals surface area contributed by atoms with Crippen molar-refractivity contribution < 1.29 is 0 Å². The zero-order valence-electron chi connectivity index (χ0n) is 12.2. The fourth-order valence-electron chi connectivity index (χ4n) is 3.01. The molecule has 0 saturated heterocycles. The number of hydrogen-bond donors (Lipinski definition) is 1. The lowest BCUT2D eigenvalue weighted by Gasteiger charge is -2.27. The Balaban J connectivity index is 1.91. The highest BCUT2D eigenvalue weighted by molar-refractivity contribution is 5.35. The van der Waals surface area contributed by atoms with Crippen LogP contribution in [0.2, 0.25) is 0 Å². The Morgan fingerprint density at radius 3 is 2.40 bits per heavy atom. The largest absolute Gasteiger partial charge is 0.307 e. The second-order valence-corrected chi connectivity index (χ2v) is 5.70. The average molecular weight is 265 g/mol. The topological polar surface area (TPSA) is 12.0 Å². The van der Waals surface area contributed by atoms with Crippen LogP contribution >= 0.6 is 0 Å². The van der Waals surface area contributed by atoms with Crippen LogP contribution in [-0.2, 0) is 0 Å². The molecule has 1 saturated carbocycles. The summed E-state index contributed by atoms with van der Waals surface area (Å²) in [5, 5.41) is 3.62. The maximum absolute atomic E-state index is 3.62. The minimum atomic E-state index is 0.307. The van der Waals surface area contributed by atoms with E-state index in [0.717, 1.165) is 12.5 Å². The molecule has 1 nitrogen and oxygen atoms in total. The molecule has 104 valence electrons. The van der Waals surface area contributed by atoms with E-state index in [-0.39, 0.29) is 0 Å². The van der Waals surface area contributed by atoms with Crippen molar-refractivity contribution in [2.24, 2.45) is 0 Å². The van der Waals surface area contributed by atoms with Crippen LogP contribution in [0.5, 0.6) is 0 Å². The molecule has 1 fully saturated rings. The number of rotatable bonds is 5. The molecule has 1 atom stereocenters. The molecule has 1 aliphatic rings. The number of benzene rings is 2. The van der Waals surface area contributed by atoms with Gasteiger partial charge in [-0.15, -0.1) is 0 Å². The molecule has 0 aromatic heterocycles. The minimum absolute atomic E-state index is 0.307. The normalized spacial score (nSPS) is 16.6. The quantitative estimate of drug-likeness (QED) is 0.829. The summed E-state index contributed by atoms with van der Waals surface area (Å²) < 4.78 is 0. The van der Waals surface area contributed by atoms with Gasteiger partial charge in [0.25, 0.3) is 0 Å². The van der Waals surface area contributed by atoms with Crippen LogP contribution in [0.1, 0.15) is 54.8 Å². The van der Waals surface area contributed by atoms with Gasteiger partial charge in [0.05, 0.1) is 6.04 Å².